The molecular weight excluding hydrogens is 337 g/mol. The molecule has 0 bridgehead atoms. The van der Waals surface area contributed by atoms with Crippen LogP contribution in [0.2, 0.25) is 0 Å². The fourth-order valence-corrected chi connectivity index (χ4v) is 4.57. The topological polar surface area (TPSA) is 65.0 Å². The summed E-state index contributed by atoms with van der Waals surface area (Å²) in [6, 6.07) is 9.38. The first-order valence-corrected chi connectivity index (χ1v) is 9.24. The number of hydrogen-bond acceptors (Lipinski definition) is 5. The first-order valence-electron chi connectivity index (χ1n) is 8.21. The van der Waals surface area contributed by atoms with Crippen LogP contribution < -0.4 is 15.0 Å². The third kappa shape index (κ3) is 2.67. The molecule has 130 valence electrons. The smallest absolute Gasteiger partial charge is 0.410 e. The molecule has 0 spiro atoms. The van der Waals surface area contributed by atoms with E-state index in [2.05, 4.69) is 17.1 Å². The lowest BCUT2D eigenvalue weighted by Crippen LogP contribution is -2.45. The Morgan fingerprint density at radius 1 is 1.44 bits per heavy atom. The molecule has 2 aliphatic rings. The van der Waals surface area contributed by atoms with Crippen LogP contribution in [0.4, 0.5) is 16.2 Å². The van der Waals surface area contributed by atoms with Gasteiger partial charge in [0.1, 0.15) is 11.9 Å². The molecule has 1 fully saturated rings. The quantitative estimate of drug-likeness (QED) is 0.850. The maximum absolute atomic E-state index is 12.1. The number of benzene rings is 1. The third-order valence-electron chi connectivity index (χ3n) is 5.16. The molecule has 1 aromatic carbocycles. The van der Waals surface area contributed by atoms with E-state index in [4.69, 9.17) is 4.74 Å². The van der Waals surface area contributed by atoms with E-state index >= 15 is 0 Å². The number of anilines is 2. The van der Waals surface area contributed by atoms with E-state index < -0.39 is 6.09 Å². The number of amides is 1. The van der Waals surface area contributed by atoms with Gasteiger partial charge in [0.2, 0.25) is 0 Å². The normalized spacial score (nSPS) is 25.1. The van der Waals surface area contributed by atoms with E-state index in [1.165, 1.54) is 5.06 Å². The highest BCUT2D eigenvalue weighted by molar-refractivity contribution is 7.28. The number of fused-ring (bicyclic) bond motifs is 3. The summed E-state index contributed by atoms with van der Waals surface area (Å²) in [5.41, 5.74) is 2.71. The standard InChI is InChI=1S/C18H20N3O3P/c1-18-7-8-21(23)16(18)20(2)15-6-5-13(10-14(15)18)24-17(22)19-12-4-3-9-25-11-12/h3-6,9-11,16,23H,7-8H2,1-2H3,(H,19,22)/t16?,18-/m1/s1. The zero-order valence-corrected chi connectivity index (χ0v) is 15.0. The fourth-order valence-electron chi connectivity index (χ4n) is 3.99. The molecule has 4 rings (SSSR count). The summed E-state index contributed by atoms with van der Waals surface area (Å²) in [7, 11) is 3.01. The highest BCUT2D eigenvalue weighted by Gasteiger charge is 2.53. The summed E-state index contributed by atoms with van der Waals surface area (Å²) in [5.74, 6) is 4.39. The zero-order valence-electron chi connectivity index (χ0n) is 14.1. The Balaban J connectivity index is 1.56. The number of rotatable bonds is 2. The van der Waals surface area contributed by atoms with Crippen LogP contribution >= 0.6 is 8.19 Å². The number of ether oxygens (including phenoxy) is 1. The highest BCUT2D eigenvalue weighted by atomic mass is 31.0. The minimum absolute atomic E-state index is 0.0839. The average Bonchev–Trinajstić information content (AvgIpc) is 3.01. The molecule has 2 aliphatic heterocycles. The Bertz CT molecular complexity index is 816. The molecule has 2 aromatic rings. The molecule has 2 N–H and O–H groups in total. The first-order chi connectivity index (χ1) is 12.0. The highest BCUT2D eigenvalue weighted by Crippen LogP contribution is 2.51. The second kappa shape index (κ2) is 5.99. The molecule has 1 aromatic heterocycles. The van der Waals surface area contributed by atoms with E-state index in [1.807, 2.05) is 42.9 Å². The molecule has 1 saturated heterocycles. The molecule has 2 atom stereocenters. The van der Waals surface area contributed by atoms with Gasteiger partial charge in [0.15, 0.2) is 0 Å². The minimum atomic E-state index is -0.504. The molecule has 1 amide bonds. The lowest BCUT2D eigenvalue weighted by molar-refractivity contribution is -0.107. The number of hydroxylamine groups is 2. The van der Waals surface area contributed by atoms with Gasteiger partial charge in [0.05, 0.1) is 0 Å². The number of carbonyl (C=O) groups is 1. The van der Waals surface area contributed by atoms with Crippen molar-refractivity contribution in [2.24, 2.45) is 0 Å². The van der Waals surface area contributed by atoms with Crippen LogP contribution in [0.1, 0.15) is 18.9 Å². The van der Waals surface area contributed by atoms with Crippen LogP contribution in [0.15, 0.2) is 41.9 Å². The summed E-state index contributed by atoms with van der Waals surface area (Å²) < 4.78 is 5.47. The van der Waals surface area contributed by atoms with Crippen LogP contribution in [-0.4, -0.2) is 36.1 Å². The first kappa shape index (κ1) is 16.3. The van der Waals surface area contributed by atoms with E-state index in [1.54, 1.807) is 6.07 Å². The third-order valence-corrected chi connectivity index (χ3v) is 5.93. The van der Waals surface area contributed by atoms with Gasteiger partial charge in [-0.15, -0.1) is 0 Å². The van der Waals surface area contributed by atoms with Gasteiger partial charge >= 0.3 is 6.09 Å². The number of nitrogens with one attached hydrogen (secondary N) is 1. The van der Waals surface area contributed by atoms with E-state index in [0.717, 1.165) is 31.6 Å². The van der Waals surface area contributed by atoms with E-state index in [0.29, 0.717) is 12.3 Å². The van der Waals surface area contributed by atoms with Crippen LogP contribution in [0.5, 0.6) is 5.75 Å². The molecule has 25 heavy (non-hydrogen) atoms. The van der Waals surface area contributed by atoms with Crippen LogP contribution in [0.3, 0.4) is 0 Å². The predicted octanol–water partition coefficient (Wildman–Crippen LogP) is 4.01. The summed E-state index contributed by atoms with van der Waals surface area (Å²) in [5, 5.41) is 14.3. The second-order valence-electron chi connectivity index (χ2n) is 6.75. The van der Waals surface area contributed by atoms with Crippen molar-refractivity contribution in [3.8, 4) is 5.75 Å². The monoisotopic (exact) mass is 357 g/mol. The average molecular weight is 357 g/mol. The van der Waals surface area contributed by atoms with Crippen molar-refractivity contribution in [1.82, 2.24) is 5.06 Å². The van der Waals surface area contributed by atoms with Crippen molar-refractivity contribution < 1.29 is 14.7 Å². The Morgan fingerprint density at radius 3 is 3.04 bits per heavy atom. The maximum atomic E-state index is 12.1. The molecular formula is C18H20N3O3P. The summed E-state index contributed by atoms with van der Waals surface area (Å²) in [4.78, 5) is 14.2. The van der Waals surface area contributed by atoms with Crippen molar-refractivity contribution in [3.05, 3.63) is 47.5 Å². The Kier molecular flexibility index (Phi) is 3.91. The lowest BCUT2D eigenvalue weighted by atomic mass is 9.81. The SMILES string of the molecule is CN1c2ccc(OC(=O)Nc3cccpc3)cc2[C@@]2(C)CCN(O)C12. The van der Waals surface area contributed by atoms with Gasteiger partial charge < -0.3 is 14.8 Å². The summed E-state index contributed by atoms with van der Waals surface area (Å²) >= 11 is 0. The molecule has 7 heteroatoms. The second-order valence-corrected chi connectivity index (χ2v) is 7.60. The molecule has 3 heterocycles. The lowest BCUT2D eigenvalue weighted by Gasteiger charge is -2.30. The van der Waals surface area contributed by atoms with Gasteiger partial charge in [-0.2, -0.15) is 5.06 Å². The van der Waals surface area contributed by atoms with E-state index in [-0.39, 0.29) is 11.6 Å². The van der Waals surface area contributed by atoms with Crippen LogP contribution in [0.25, 0.3) is 0 Å². The Labute approximate surface area is 148 Å². The van der Waals surface area contributed by atoms with E-state index in [9.17, 15) is 10.0 Å². The van der Waals surface area contributed by atoms with Gasteiger partial charge in [0.25, 0.3) is 0 Å². The fraction of sp³-hybridized carbons (Fsp3) is 0.333. The minimum Gasteiger partial charge on any atom is -0.410 e. The Hall–Kier alpha value is -2.14. The molecule has 0 radical (unpaired) electrons. The largest absolute Gasteiger partial charge is 0.417 e. The molecule has 1 unspecified atom stereocenters. The Morgan fingerprint density at radius 2 is 2.28 bits per heavy atom. The van der Waals surface area contributed by atoms with Crippen molar-refractivity contribution in [3.63, 3.8) is 0 Å². The number of nitrogens with zero attached hydrogens (tertiary/aromatic N) is 2. The van der Waals surface area contributed by atoms with Gasteiger partial charge in [-0.05, 0) is 47.8 Å². The van der Waals surface area contributed by atoms with Gasteiger partial charge in [-0.25, -0.2) is 4.79 Å². The number of likely N-dealkylation sites (N-methyl/N-ethyl adjacent to an activating group) is 1. The zero-order chi connectivity index (χ0) is 17.6. The van der Waals surface area contributed by atoms with Crippen LogP contribution in [0, 0.1) is 0 Å². The number of hydrogen-bond donors (Lipinski definition) is 2. The molecule has 0 saturated carbocycles. The van der Waals surface area contributed by atoms with Gasteiger partial charge in [0, 0.05) is 30.4 Å². The maximum Gasteiger partial charge on any atom is 0.417 e. The summed E-state index contributed by atoms with van der Waals surface area (Å²) in [6.45, 7) is 2.78. The molecule has 0 aliphatic carbocycles. The molecule has 6 nitrogen and oxygen atoms in total. The predicted molar refractivity (Wildman–Crippen MR) is 97.7 cm³/mol. The van der Waals surface area contributed by atoms with Crippen molar-refractivity contribution in [1.29, 1.82) is 0 Å². The summed E-state index contributed by atoms with van der Waals surface area (Å²) in [6.07, 6.45) is 0.268. The van der Waals surface area contributed by atoms with Gasteiger partial charge in [-0.1, -0.05) is 21.2 Å². The van der Waals surface area contributed by atoms with Crippen molar-refractivity contribution in [2.75, 3.05) is 23.8 Å². The van der Waals surface area contributed by atoms with Crippen LogP contribution in [-0.2, 0) is 5.41 Å². The number of carbonyl (C=O) groups excluding carboxylic acids is 1. The van der Waals surface area contributed by atoms with Crippen molar-refractivity contribution in [2.45, 2.75) is 24.9 Å². The van der Waals surface area contributed by atoms with Crippen molar-refractivity contribution >= 4 is 25.7 Å². The van der Waals surface area contributed by atoms with Gasteiger partial charge in [-0.3, -0.25) is 5.32 Å².